The van der Waals surface area contributed by atoms with Crippen molar-refractivity contribution in [1.29, 1.82) is 0 Å². The number of hydrogen-bond acceptors (Lipinski definition) is 6. The Bertz CT molecular complexity index is 1360. The number of hydrogen-bond donors (Lipinski definition) is 2. The van der Waals surface area contributed by atoms with Gasteiger partial charge in [-0.25, -0.2) is 9.67 Å². The van der Waals surface area contributed by atoms with Gasteiger partial charge in [0.25, 0.3) is 5.91 Å². The van der Waals surface area contributed by atoms with Crippen molar-refractivity contribution in [2.45, 2.75) is 26.3 Å². The number of para-hydroxylation sites is 1. The van der Waals surface area contributed by atoms with E-state index in [4.69, 9.17) is 4.74 Å². The second-order valence-corrected chi connectivity index (χ2v) is 8.88. The van der Waals surface area contributed by atoms with Gasteiger partial charge in [0.2, 0.25) is 5.91 Å². The van der Waals surface area contributed by atoms with Gasteiger partial charge in [-0.15, -0.1) is 11.3 Å². The first-order chi connectivity index (χ1) is 16.5. The summed E-state index contributed by atoms with van der Waals surface area (Å²) in [6.07, 6.45) is 2.28. The molecule has 1 atom stereocenters. The van der Waals surface area contributed by atoms with Crippen molar-refractivity contribution in [3.8, 4) is 22.7 Å². The van der Waals surface area contributed by atoms with Crippen molar-refractivity contribution >= 4 is 28.3 Å². The molecule has 1 aliphatic heterocycles. The molecule has 1 unspecified atom stereocenters. The molecule has 2 aromatic heterocycles. The van der Waals surface area contributed by atoms with Crippen molar-refractivity contribution in [2.24, 2.45) is 0 Å². The van der Waals surface area contributed by atoms with E-state index >= 15 is 0 Å². The Labute approximate surface area is 200 Å². The number of carbonyl (C=O) groups excluding carboxylic acids is 2. The average Bonchev–Trinajstić information content (AvgIpc) is 3.46. The Kier molecular flexibility index (Phi) is 5.85. The van der Waals surface area contributed by atoms with Gasteiger partial charge in [-0.3, -0.25) is 14.9 Å². The van der Waals surface area contributed by atoms with Gasteiger partial charge in [-0.05, 0) is 37.3 Å². The van der Waals surface area contributed by atoms with Crippen LogP contribution < -0.4 is 15.4 Å². The van der Waals surface area contributed by atoms with Crippen molar-refractivity contribution in [3.63, 3.8) is 0 Å². The number of ether oxygens (including phenoxy) is 1. The van der Waals surface area contributed by atoms with Crippen LogP contribution in [0.3, 0.4) is 0 Å². The Morgan fingerprint density at radius 2 is 2.00 bits per heavy atom. The highest BCUT2D eigenvalue weighted by atomic mass is 32.1. The Morgan fingerprint density at radius 1 is 1.18 bits per heavy atom. The summed E-state index contributed by atoms with van der Waals surface area (Å²) >= 11 is 1.35. The smallest absolute Gasteiger partial charge is 0.260 e. The number of nitrogens with zero attached hydrogens (tertiary/aromatic N) is 3. The second-order valence-electron chi connectivity index (χ2n) is 8.03. The Balaban J connectivity index is 1.35. The maximum absolute atomic E-state index is 12.9. The van der Waals surface area contributed by atoms with Gasteiger partial charge >= 0.3 is 0 Å². The molecule has 0 aliphatic carbocycles. The topological polar surface area (TPSA) is 98.1 Å². The minimum absolute atomic E-state index is 0.0761. The summed E-state index contributed by atoms with van der Waals surface area (Å²) in [6, 6.07) is 15.4. The van der Waals surface area contributed by atoms with Gasteiger partial charge in [0, 0.05) is 29.9 Å². The average molecular weight is 474 g/mol. The minimum Gasteiger partial charge on any atom is -0.493 e. The number of fused-ring (bicyclic) bond motifs is 1. The summed E-state index contributed by atoms with van der Waals surface area (Å²) in [7, 11) is 0. The van der Waals surface area contributed by atoms with Gasteiger partial charge in [0.05, 0.1) is 41.5 Å². The number of amides is 2. The van der Waals surface area contributed by atoms with Crippen LogP contribution in [0.15, 0.2) is 60.1 Å². The SMILES string of the molecule is CC(=O)NC1CCOc2ccc(-c3csc(NC(=O)c4cnn(-c5ccccc5)c4C)n3)cc21. The molecule has 5 rings (SSSR count). The zero-order valence-corrected chi connectivity index (χ0v) is 19.6. The van der Waals surface area contributed by atoms with E-state index in [0.717, 1.165) is 34.0 Å². The summed E-state index contributed by atoms with van der Waals surface area (Å²) < 4.78 is 7.48. The molecule has 2 aromatic carbocycles. The molecule has 2 amide bonds. The molecule has 2 N–H and O–H groups in total. The number of aromatic nitrogens is 3. The van der Waals surface area contributed by atoms with E-state index in [1.807, 2.05) is 60.8 Å². The monoisotopic (exact) mass is 473 g/mol. The molecular formula is C25H23N5O3S. The molecule has 8 nitrogen and oxygen atoms in total. The van der Waals surface area contributed by atoms with Gasteiger partial charge in [0.15, 0.2) is 5.13 Å². The summed E-state index contributed by atoms with van der Waals surface area (Å²) in [5.41, 5.74) is 4.70. The fourth-order valence-electron chi connectivity index (χ4n) is 4.04. The lowest BCUT2D eigenvalue weighted by Crippen LogP contribution is -2.30. The zero-order chi connectivity index (χ0) is 23.7. The van der Waals surface area contributed by atoms with Crippen molar-refractivity contribution in [1.82, 2.24) is 20.1 Å². The highest BCUT2D eigenvalue weighted by Crippen LogP contribution is 2.36. The lowest BCUT2D eigenvalue weighted by Gasteiger charge is -2.26. The van der Waals surface area contributed by atoms with Crippen LogP contribution in [0.4, 0.5) is 5.13 Å². The highest BCUT2D eigenvalue weighted by molar-refractivity contribution is 7.14. The highest BCUT2D eigenvalue weighted by Gasteiger charge is 2.23. The minimum atomic E-state index is -0.259. The Morgan fingerprint density at radius 3 is 2.79 bits per heavy atom. The first kappa shape index (κ1) is 21.8. The van der Waals surface area contributed by atoms with Crippen LogP contribution in [0.5, 0.6) is 5.75 Å². The fourth-order valence-corrected chi connectivity index (χ4v) is 4.75. The van der Waals surface area contributed by atoms with E-state index in [1.54, 1.807) is 10.9 Å². The molecule has 1 aliphatic rings. The van der Waals surface area contributed by atoms with Crippen molar-refractivity contribution in [2.75, 3.05) is 11.9 Å². The molecule has 0 saturated heterocycles. The lowest BCUT2D eigenvalue weighted by molar-refractivity contribution is -0.119. The predicted octanol–water partition coefficient (Wildman–Crippen LogP) is 4.52. The summed E-state index contributed by atoms with van der Waals surface area (Å²) in [5.74, 6) is 0.432. The molecule has 34 heavy (non-hydrogen) atoms. The van der Waals surface area contributed by atoms with Crippen LogP contribution in [-0.2, 0) is 4.79 Å². The number of nitrogens with one attached hydrogen (secondary N) is 2. The van der Waals surface area contributed by atoms with Gasteiger partial charge in [0.1, 0.15) is 5.75 Å². The molecule has 9 heteroatoms. The number of rotatable bonds is 5. The predicted molar refractivity (Wildman–Crippen MR) is 130 cm³/mol. The van der Waals surface area contributed by atoms with Gasteiger partial charge in [-0.2, -0.15) is 5.10 Å². The third-order valence-corrected chi connectivity index (χ3v) is 6.46. The van der Waals surface area contributed by atoms with Crippen LogP contribution >= 0.6 is 11.3 Å². The molecule has 0 bridgehead atoms. The van der Waals surface area contributed by atoms with Gasteiger partial charge in [-0.1, -0.05) is 18.2 Å². The van der Waals surface area contributed by atoms with E-state index in [9.17, 15) is 9.59 Å². The molecule has 0 saturated carbocycles. The lowest BCUT2D eigenvalue weighted by atomic mass is 9.97. The molecule has 0 spiro atoms. The van der Waals surface area contributed by atoms with E-state index in [2.05, 4.69) is 20.7 Å². The molecule has 0 radical (unpaired) electrons. The Hall–Kier alpha value is -3.98. The van der Waals surface area contributed by atoms with Crippen LogP contribution in [0, 0.1) is 6.92 Å². The van der Waals surface area contributed by atoms with Crippen LogP contribution in [0.2, 0.25) is 0 Å². The number of anilines is 1. The quantitative estimate of drug-likeness (QED) is 0.444. The maximum atomic E-state index is 12.9. The summed E-state index contributed by atoms with van der Waals surface area (Å²) in [5, 5.41) is 12.6. The summed E-state index contributed by atoms with van der Waals surface area (Å²) in [6.45, 7) is 3.94. The van der Waals surface area contributed by atoms with E-state index < -0.39 is 0 Å². The van der Waals surface area contributed by atoms with E-state index in [1.165, 1.54) is 18.3 Å². The molecule has 4 aromatic rings. The molecule has 172 valence electrons. The standard InChI is InChI=1S/C25H23N5O3S/c1-15-20(13-26-30(15)18-6-4-3-5-7-18)24(32)29-25-28-22(14-34-25)17-8-9-23-19(12-17)21(10-11-33-23)27-16(2)31/h3-9,12-14,21H,10-11H2,1-2H3,(H,27,31)(H,28,29,32). The summed E-state index contributed by atoms with van der Waals surface area (Å²) in [4.78, 5) is 29.1. The number of thiazole rings is 1. The second kappa shape index (κ2) is 9.11. The first-order valence-corrected chi connectivity index (χ1v) is 11.8. The normalized spacial score (nSPS) is 14.7. The van der Waals surface area contributed by atoms with Crippen LogP contribution in [-0.4, -0.2) is 33.2 Å². The van der Waals surface area contributed by atoms with Crippen molar-refractivity contribution in [3.05, 3.63) is 76.9 Å². The third-order valence-electron chi connectivity index (χ3n) is 5.70. The fraction of sp³-hybridized carbons (Fsp3) is 0.200. The largest absolute Gasteiger partial charge is 0.493 e. The maximum Gasteiger partial charge on any atom is 0.260 e. The number of carbonyl (C=O) groups is 2. The zero-order valence-electron chi connectivity index (χ0n) is 18.7. The number of benzene rings is 2. The molecular weight excluding hydrogens is 450 g/mol. The van der Waals surface area contributed by atoms with Crippen LogP contribution in [0.1, 0.15) is 41.0 Å². The third kappa shape index (κ3) is 4.29. The van der Waals surface area contributed by atoms with Crippen LogP contribution in [0.25, 0.3) is 16.9 Å². The van der Waals surface area contributed by atoms with Gasteiger partial charge < -0.3 is 10.1 Å². The van der Waals surface area contributed by atoms with E-state index in [-0.39, 0.29) is 17.9 Å². The molecule has 3 heterocycles. The molecule has 0 fully saturated rings. The van der Waals surface area contributed by atoms with Crippen molar-refractivity contribution < 1.29 is 14.3 Å². The first-order valence-electron chi connectivity index (χ1n) is 10.9. The van der Waals surface area contributed by atoms with E-state index in [0.29, 0.717) is 23.7 Å².